The average molecular weight is 339 g/mol. The normalized spacial score (nSPS) is 13.6. The Bertz CT molecular complexity index is 788. The number of aromatic nitrogens is 2. The lowest BCUT2D eigenvalue weighted by molar-refractivity contribution is 0.262. The topological polar surface area (TPSA) is 83.3 Å². The summed E-state index contributed by atoms with van der Waals surface area (Å²) in [7, 11) is 3.31. The van der Waals surface area contributed by atoms with Crippen molar-refractivity contribution in [2.75, 3.05) is 39.2 Å². The summed E-state index contributed by atoms with van der Waals surface area (Å²) in [5.41, 5.74) is 2.90. The predicted molar refractivity (Wildman–Crippen MR) is 93.8 cm³/mol. The van der Waals surface area contributed by atoms with Gasteiger partial charge in [0, 0.05) is 38.6 Å². The van der Waals surface area contributed by atoms with E-state index in [4.69, 9.17) is 14.7 Å². The van der Waals surface area contributed by atoms with Gasteiger partial charge < -0.3 is 14.8 Å². The molecule has 1 N–H and O–H groups in total. The lowest BCUT2D eigenvalue weighted by Gasteiger charge is -2.29. The van der Waals surface area contributed by atoms with Crippen molar-refractivity contribution in [2.24, 2.45) is 0 Å². The number of nitrogens with zero attached hydrogens (tertiary/aromatic N) is 4. The quantitative estimate of drug-likeness (QED) is 0.859. The van der Waals surface area contributed by atoms with Gasteiger partial charge in [-0.15, -0.1) is 0 Å². The second-order valence-corrected chi connectivity index (χ2v) is 5.79. The summed E-state index contributed by atoms with van der Waals surface area (Å²) >= 11 is 0. The van der Waals surface area contributed by atoms with Crippen LogP contribution in [0.25, 0.3) is 0 Å². The highest BCUT2D eigenvalue weighted by Crippen LogP contribution is 2.33. The molecule has 0 bridgehead atoms. The summed E-state index contributed by atoms with van der Waals surface area (Å²) in [6.07, 6.45) is 4.08. The van der Waals surface area contributed by atoms with Gasteiger partial charge in [-0.25, -0.2) is 9.97 Å². The van der Waals surface area contributed by atoms with E-state index in [9.17, 15) is 0 Å². The summed E-state index contributed by atoms with van der Waals surface area (Å²) in [6, 6.07) is 6.18. The van der Waals surface area contributed by atoms with E-state index in [1.807, 2.05) is 6.07 Å². The molecule has 0 radical (unpaired) electrons. The first kappa shape index (κ1) is 17.0. The van der Waals surface area contributed by atoms with Crippen molar-refractivity contribution >= 4 is 5.82 Å². The third-order valence-electron chi connectivity index (χ3n) is 4.32. The van der Waals surface area contributed by atoms with Crippen LogP contribution in [0.4, 0.5) is 5.82 Å². The van der Waals surface area contributed by atoms with Gasteiger partial charge >= 0.3 is 0 Å². The SMILES string of the molecule is COc1cc2c(cc1OC)CN(CCNc1nccnc1C#N)CC2. The minimum Gasteiger partial charge on any atom is -0.493 e. The third-order valence-corrected chi connectivity index (χ3v) is 4.32. The maximum atomic E-state index is 9.04. The number of benzene rings is 1. The molecule has 0 saturated heterocycles. The fourth-order valence-electron chi connectivity index (χ4n) is 3.01. The Morgan fingerprint density at radius 3 is 2.60 bits per heavy atom. The van der Waals surface area contributed by atoms with E-state index < -0.39 is 0 Å². The molecule has 1 aliphatic rings. The maximum Gasteiger partial charge on any atom is 0.182 e. The van der Waals surface area contributed by atoms with E-state index in [2.05, 4.69) is 32.3 Å². The second kappa shape index (κ2) is 7.81. The van der Waals surface area contributed by atoms with Gasteiger partial charge in [0.2, 0.25) is 0 Å². The van der Waals surface area contributed by atoms with E-state index >= 15 is 0 Å². The molecule has 0 saturated carbocycles. The fourth-order valence-corrected chi connectivity index (χ4v) is 3.01. The highest BCUT2D eigenvalue weighted by Gasteiger charge is 2.19. The molecule has 7 heteroatoms. The Morgan fingerprint density at radius 2 is 1.88 bits per heavy atom. The molecule has 1 aliphatic heterocycles. The number of hydrogen-bond acceptors (Lipinski definition) is 7. The first-order valence-corrected chi connectivity index (χ1v) is 8.16. The molecule has 1 aromatic heterocycles. The summed E-state index contributed by atoms with van der Waals surface area (Å²) in [5.74, 6) is 2.08. The highest BCUT2D eigenvalue weighted by atomic mass is 16.5. The standard InChI is InChI=1S/C18H21N5O2/c1-24-16-9-13-3-7-23(12-14(13)10-17(16)25-2)8-6-22-18-15(11-19)20-4-5-21-18/h4-5,9-10H,3,6-8,12H2,1-2H3,(H,21,22). The molecular formula is C18H21N5O2. The molecule has 0 atom stereocenters. The number of rotatable bonds is 6. The van der Waals surface area contributed by atoms with Crippen molar-refractivity contribution < 1.29 is 9.47 Å². The highest BCUT2D eigenvalue weighted by molar-refractivity contribution is 5.48. The van der Waals surface area contributed by atoms with Crippen molar-refractivity contribution in [1.29, 1.82) is 5.26 Å². The zero-order valence-electron chi connectivity index (χ0n) is 14.5. The van der Waals surface area contributed by atoms with Gasteiger partial charge in [-0.3, -0.25) is 4.90 Å². The van der Waals surface area contributed by atoms with Gasteiger partial charge in [-0.1, -0.05) is 0 Å². The molecule has 0 spiro atoms. The van der Waals surface area contributed by atoms with Crippen LogP contribution in [0.5, 0.6) is 11.5 Å². The number of ether oxygens (including phenoxy) is 2. The molecule has 0 unspecified atom stereocenters. The van der Waals surface area contributed by atoms with E-state index in [1.54, 1.807) is 20.4 Å². The van der Waals surface area contributed by atoms with Crippen LogP contribution in [0, 0.1) is 11.3 Å². The molecule has 0 fully saturated rings. The van der Waals surface area contributed by atoms with Gasteiger partial charge in [-0.2, -0.15) is 5.26 Å². The van der Waals surface area contributed by atoms with Crippen molar-refractivity contribution in [1.82, 2.24) is 14.9 Å². The van der Waals surface area contributed by atoms with E-state index in [1.165, 1.54) is 17.3 Å². The minimum absolute atomic E-state index is 0.323. The van der Waals surface area contributed by atoms with Crippen LogP contribution in [0.15, 0.2) is 24.5 Å². The average Bonchev–Trinajstić information content (AvgIpc) is 2.67. The van der Waals surface area contributed by atoms with Crippen LogP contribution >= 0.6 is 0 Å². The zero-order valence-corrected chi connectivity index (χ0v) is 14.5. The Hall–Kier alpha value is -2.85. The van der Waals surface area contributed by atoms with Crippen LogP contribution in [0.2, 0.25) is 0 Å². The van der Waals surface area contributed by atoms with Crippen LogP contribution in [0.1, 0.15) is 16.8 Å². The van der Waals surface area contributed by atoms with Crippen LogP contribution in [-0.4, -0.2) is 48.7 Å². The number of nitriles is 1. The van der Waals surface area contributed by atoms with Gasteiger partial charge in [0.05, 0.1) is 14.2 Å². The summed E-state index contributed by atoms with van der Waals surface area (Å²) in [5, 5.41) is 12.2. The number of hydrogen-bond donors (Lipinski definition) is 1. The summed E-state index contributed by atoms with van der Waals surface area (Å²) < 4.78 is 10.8. The van der Waals surface area contributed by atoms with Crippen molar-refractivity contribution in [2.45, 2.75) is 13.0 Å². The van der Waals surface area contributed by atoms with Gasteiger partial charge in [0.1, 0.15) is 6.07 Å². The Kier molecular flexibility index (Phi) is 5.31. The summed E-state index contributed by atoms with van der Waals surface area (Å²) in [4.78, 5) is 10.5. The lowest BCUT2D eigenvalue weighted by atomic mass is 9.99. The fraction of sp³-hybridized carbons (Fsp3) is 0.389. The van der Waals surface area contributed by atoms with Gasteiger partial charge in [0.25, 0.3) is 0 Å². The number of anilines is 1. The van der Waals surface area contributed by atoms with Crippen LogP contribution in [0.3, 0.4) is 0 Å². The first-order chi connectivity index (χ1) is 12.2. The van der Waals surface area contributed by atoms with Crippen molar-refractivity contribution in [3.05, 3.63) is 41.3 Å². The Morgan fingerprint density at radius 1 is 1.16 bits per heavy atom. The molecule has 25 heavy (non-hydrogen) atoms. The number of nitrogens with one attached hydrogen (secondary N) is 1. The molecule has 130 valence electrons. The van der Waals surface area contributed by atoms with Crippen LogP contribution in [-0.2, 0) is 13.0 Å². The number of methoxy groups -OCH3 is 2. The molecule has 2 heterocycles. The molecule has 7 nitrogen and oxygen atoms in total. The van der Waals surface area contributed by atoms with Crippen molar-refractivity contribution in [3.63, 3.8) is 0 Å². The minimum atomic E-state index is 0.323. The van der Waals surface area contributed by atoms with Gasteiger partial charge in [0.15, 0.2) is 23.0 Å². The molecule has 1 aromatic carbocycles. The van der Waals surface area contributed by atoms with Crippen LogP contribution < -0.4 is 14.8 Å². The summed E-state index contributed by atoms with van der Waals surface area (Å²) in [6.45, 7) is 3.41. The lowest BCUT2D eigenvalue weighted by Crippen LogP contribution is -2.34. The monoisotopic (exact) mass is 339 g/mol. The molecule has 3 rings (SSSR count). The van der Waals surface area contributed by atoms with Crippen molar-refractivity contribution in [3.8, 4) is 17.6 Å². The molecule has 2 aromatic rings. The molecule has 0 aliphatic carbocycles. The van der Waals surface area contributed by atoms with E-state index in [0.29, 0.717) is 18.1 Å². The largest absolute Gasteiger partial charge is 0.493 e. The first-order valence-electron chi connectivity index (χ1n) is 8.16. The maximum absolute atomic E-state index is 9.04. The van der Waals surface area contributed by atoms with Gasteiger partial charge in [-0.05, 0) is 29.7 Å². The smallest absolute Gasteiger partial charge is 0.182 e. The van der Waals surface area contributed by atoms with E-state index in [0.717, 1.165) is 37.6 Å². The molecular weight excluding hydrogens is 318 g/mol. The molecule has 0 amide bonds. The predicted octanol–water partition coefficient (Wildman–Crippen LogP) is 1.84. The number of fused-ring (bicyclic) bond motifs is 1. The Labute approximate surface area is 147 Å². The third kappa shape index (κ3) is 3.80. The Balaban J connectivity index is 1.61. The van der Waals surface area contributed by atoms with E-state index in [-0.39, 0.29) is 0 Å². The zero-order chi connectivity index (χ0) is 17.6. The second-order valence-electron chi connectivity index (χ2n) is 5.79.